The van der Waals surface area contributed by atoms with Gasteiger partial charge in [0.05, 0.1) is 17.8 Å². The van der Waals surface area contributed by atoms with Crippen molar-refractivity contribution in [1.29, 1.82) is 0 Å². The Hall–Kier alpha value is -1.92. The third-order valence-corrected chi connectivity index (χ3v) is 3.63. The molecule has 102 valence electrons. The Kier molecular flexibility index (Phi) is 3.19. The van der Waals surface area contributed by atoms with Crippen LogP contribution in [-0.2, 0) is 0 Å². The van der Waals surface area contributed by atoms with Crippen LogP contribution in [0.15, 0.2) is 24.5 Å². The van der Waals surface area contributed by atoms with Crippen molar-refractivity contribution in [2.75, 3.05) is 7.11 Å². The fraction of sp³-hybridized carbons (Fsp3) is 0.154. The predicted molar refractivity (Wildman–Crippen MR) is 80.3 cm³/mol. The number of halogens is 1. The van der Waals surface area contributed by atoms with E-state index in [9.17, 15) is 0 Å². The molecule has 7 heteroatoms. The van der Waals surface area contributed by atoms with Crippen LogP contribution < -0.4 is 4.74 Å². The van der Waals surface area contributed by atoms with E-state index in [-0.39, 0.29) is 0 Å². The highest BCUT2D eigenvalue weighted by atomic mass is 35.5. The number of aromatic amines is 1. The van der Waals surface area contributed by atoms with Gasteiger partial charge >= 0.3 is 0 Å². The molecule has 0 aliphatic carbocycles. The van der Waals surface area contributed by atoms with Gasteiger partial charge in [-0.15, -0.1) is 0 Å². The van der Waals surface area contributed by atoms with Crippen molar-refractivity contribution >= 4 is 35.0 Å². The Labute approximate surface area is 125 Å². The van der Waals surface area contributed by atoms with Crippen molar-refractivity contribution < 1.29 is 4.74 Å². The van der Waals surface area contributed by atoms with Crippen LogP contribution in [0.2, 0.25) is 5.02 Å². The number of methoxy groups -OCH3 is 1. The second kappa shape index (κ2) is 4.88. The van der Waals surface area contributed by atoms with Gasteiger partial charge in [-0.05, 0) is 30.8 Å². The Bertz CT molecular complexity index is 835. The summed E-state index contributed by atoms with van der Waals surface area (Å²) in [6, 6.07) is 5.69. The molecule has 0 radical (unpaired) electrons. The molecule has 1 aromatic carbocycles. The quantitative estimate of drug-likeness (QED) is 0.737. The molecule has 1 N–H and O–H groups in total. The van der Waals surface area contributed by atoms with Crippen LogP contribution in [0.3, 0.4) is 0 Å². The molecule has 0 saturated heterocycles. The first-order chi connectivity index (χ1) is 9.63. The zero-order valence-electron chi connectivity index (χ0n) is 10.8. The molecular weight excluding hydrogens is 296 g/mol. The highest BCUT2D eigenvalue weighted by Crippen LogP contribution is 2.29. The molecule has 20 heavy (non-hydrogen) atoms. The molecule has 0 fully saturated rings. The lowest BCUT2D eigenvalue weighted by Crippen LogP contribution is -2.00. The number of fused-ring (bicyclic) bond motifs is 1. The summed E-state index contributed by atoms with van der Waals surface area (Å²) in [5.74, 6) is 0.449. The first kappa shape index (κ1) is 13.1. The van der Waals surface area contributed by atoms with Crippen LogP contribution in [0.5, 0.6) is 5.88 Å². The maximum absolute atomic E-state index is 6.31. The molecule has 0 unspecified atom stereocenters. The molecule has 0 amide bonds. The number of aryl methyl sites for hydroxylation is 1. The predicted octanol–water partition coefficient (Wildman–Crippen LogP) is 3.45. The van der Waals surface area contributed by atoms with E-state index in [2.05, 4.69) is 15.0 Å². The number of para-hydroxylation sites is 1. The summed E-state index contributed by atoms with van der Waals surface area (Å²) < 4.78 is 7.51. The van der Waals surface area contributed by atoms with Crippen molar-refractivity contribution in [2.24, 2.45) is 0 Å². The molecule has 0 aliphatic heterocycles. The number of hydrogen-bond donors (Lipinski definition) is 1. The van der Waals surface area contributed by atoms with Crippen molar-refractivity contribution in [3.8, 4) is 11.6 Å². The van der Waals surface area contributed by atoms with Gasteiger partial charge in [-0.1, -0.05) is 23.7 Å². The lowest BCUT2D eigenvalue weighted by atomic mass is 10.2. The average Bonchev–Trinajstić information content (AvgIpc) is 2.75. The van der Waals surface area contributed by atoms with Gasteiger partial charge in [-0.3, -0.25) is 4.57 Å². The first-order valence-corrected chi connectivity index (χ1v) is 6.67. The smallest absolute Gasteiger partial charge is 0.242 e. The Morgan fingerprint density at radius 3 is 2.85 bits per heavy atom. The Morgan fingerprint density at radius 2 is 2.15 bits per heavy atom. The Morgan fingerprint density at radius 1 is 1.35 bits per heavy atom. The summed E-state index contributed by atoms with van der Waals surface area (Å²) in [4.78, 5) is 11.4. The van der Waals surface area contributed by atoms with Gasteiger partial charge in [0.1, 0.15) is 11.8 Å². The van der Waals surface area contributed by atoms with Gasteiger partial charge in [0, 0.05) is 0 Å². The minimum absolute atomic E-state index is 0.449. The normalized spacial score (nSPS) is 10.9. The second-order valence-electron chi connectivity index (χ2n) is 4.25. The minimum Gasteiger partial charge on any atom is -0.479 e. The third-order valence-electron chi connectivity index (χ3n) is 3.04. The van der Waals surface area contributed by atoms with Gasteiger partial charge in [0.25, 0.3) is 0 Å². The molecule has 3 aromatic rings. The number of nitrogens with zero attached hydrogens (tertiary/aromatic N) is 3. The second-order valence-corrected chi connectivity index (χ2v) is 5.05. The summed E-state index contributed by atoms with van der Waals surface area (Å²) in [5, 5.41) is 0.611. The fourth-order valence-electron chi connectivity index (χ4n) is 2.17. The van der Waals surface area contributed by atoms with E-state index in [1.54, 1.807) is 11.7 Å². The fourth-order valence-corrected chi connectivity index (χ4v) is 2.75. The highest BCUT2D eigenvalue weighted by molar-refractivity contribution is 7.71. The number of rotatable bonds is 2. The number of nitrogens with one attached hydrogen (secondary N) is 1. The minimum atomic E-state index is 0.449. The molecule has 5 nitrogen and oxygen atoms in total. The summed E-state index contributed by atoms with van der Waals surface area (Å²) >= 11 is 11.7. The van der Waals surface area contributed by atoms with Crippen molar-refractivity contribution in [3.05, 3.63) is 39.9 Å². The molecule has 0 bridgehead atoms. The van der Waals surface area contributed by atoms with Gasteiger partial charge in [-0.25, -0.2) is 4.98 Å². The van der Waals surface area contributed by atoms with E-state index in [1.807, 2.05) is 25.1 Å². The number of hydrogen-bond acceptors (Lipinski definition) is 4. The largest absolute Gasteiger partial charge is 0.479 e. The number of benzene rings is 1. The van der Waals surface area contributed by atoms with E-state index in [4.69, 9.17) is 28.6 Å². The van der Waals surface area contributed by atoms with E-state index in [1.165, 1.54) is 6.33 Å². The molecule has 2 aromatic heterocycles. The van der Waals surface area contributed by atoms with Crippen LogP contribution in [0.1, 0.15) is 5.56 Å². The molecular formula is C13H11ClN4OS. The van der Waals surface area contributed by atoms with Crippen molar-refractivity contribution in [3.63, 3.8) is 0 Å². The van der Waals surface area contributed by atoms with Crippen LogP contribution >= 0.6 is 23.8 Å². The van der Waals surface area contributed by atoms with Gasteiger partial charge in [-0.2, -0.15) is 4.98 Å². The zero-order chi connectivity index (χ0) is 14.3. The number of ether oxygens (including phenoxy) is 1. The molecule has 3 rings (SSSR count). The maximum Gasteiger partial charge on any atom is 0.242 e. The monoisotopic (exact) mass is 306 g/mol. The molecule has 0 spiro atoms. The van der Waals surface area contributed by atoms with Crippen LogP contribution in [0.25, 0.3) is 16.9 Å². The topological polar surface area (TPSA) is 55.7 Å². The van der Waals surface area contributed by atoms with Crippen molar-refractivity contribution in [2.45, 2.75) is 6.92 Å². The van der Waals surface area contributed by atoms with Crippen molar-refractivity contribution in [1.82, 2.24) is 19.5 Å². The summed E-state index contributed by atoms with van der Waals surface area (Å²) in [7, 11) is 1.55. The van der Waals surface area contributed by atoms with Gasteiger partial charge in [0.2, 0.25) is 5.88 Å². The highest BCUT2D eigenvalue weighted by Gasteiger charge is 2.16. The summed E-state index contributed by atoms with van der Waals surface area (Å²) in [6.07, 6.45) is 1.44. The average molecular weight is 307 g/mol. The van der Waals surface area contributed by atoms with Crippen LogP contribution in [0, 0.1) is 11.7 Å². The summed E-state index contributed by atoms with van der Waals surface area (Å²) in [5.41, 5.74) is 3.11. The molecule has 2 heterocycles. The zero-order valence-corrected chi connectivity index (χ0v) is 12.4. The standard InChI is InChI=1S/C13H11ClN4OS/c1-7-4-3-5-8(14)10(7)18-11-9(17-13(18)20)12(19-2)16-6-15-11/h3-6H,1-2H3,(H,17,20). The van der Waals surface area contributed by atoms with E-state index >= 15 is 0 Å². The van der Waals surface area contributed by atoms with Gasteiger partial charge in [0.15, 0.2) is 10.4 Å². The number of H-pyrrole nitrogens is 1. The van der Waals surface area contributed by atoms with E-state index < -0.39 is 0 Å². The Balaban J connectivity index is 2.44. The van der Waals surface area contributed by atoms with E-state index in [0.717, 1.165) is 11.3 Å². The SMILES string of the molecule is COc1ncnc2c1[nH]c(=S)n2-c1c(C)cccc1Cl. The molecule has 0 atom stereocenters. The third kappa shape index (κ3) is 1.88. The number of aromatic nitrogens is 4. The van der Waals surface area contributed by atoms with E-state index in [0.29, 0.717) is 26.8 Å². The van der Waals surface area contributed by atoms with Gasteiger partial charge < -0.3 is 9.72 Å². The first-order valence-electron chi connectivity index (χ1n) is 5.88. The molecule has 0 aliphatic rings. The lowest BCUT2D eigenvalue weighted by Gasteiger charge is -2.09. The lowest BCUT2D eigenvalue weighted by molar-refractivity contribution is 0.401. The summed E-state index contributed by atoms with van der Waals surface area (Å²) in [6.45, 7) is 1.97. The van der Waals surface area contributed by atoms with Crippen LogP contribution in [0.4, 0.5) is 0 Å². The molecule has 0 saturated carbocycles. The van der Waals surface area contributed by atoms with Crippen LogP contribution in [-0.4, -0.2) is 26.6 Å². The maximum atomic E-state index is 6.31. The number of imidazole rings is 1.